The van der Waals surface area contributed by atoms with Gasteiger partial charge in [-0.15, -0.1) is 0 Å². The lowest BCUT2D eigenvalue weighted by Gasteiger charge is -2.36. The summed E-state index contributed by atoms with van der Waals surface area (Å²) in [7, 11) is 0. The van der Waals surface area contributed by atoms with Crippen molar-refractivity contribution in [3.8, 4) is 5.69 Å². The number of imidazole rings is 1. The van der Waals surface area contributed by atoms with Gasteiger partial charge < -0.3 is 19.8 Å². The average molecular weight is 469 g/mol. The predicted octanol–water partition coefficient (Wildman–Crippen LogP) is 3.44. The predicted molar refractivity (Wildman–Crippen MR) is 137 cm³/mol. The summed E-state index contributed by atoms with van der Waals surface area (Å²) in [5.74, 6) is 1.80. The van der Waals surface area contributed by atoms with E-state index in [0.717, 1.165) is 61.8 Å². The topological polar surface area (TPSA) is 86.4 Å². The Kier molecular flexibility index (Phi) is 5.44. The van der Waals surface area contributed by atoms with Crippen molar-refractivity contribution in [2.45, 2.75) is 6.42 Å². The molecule has 0 bridgehead atoms. The van der Waals surface area contributed by atoms with Gasteiger partial charge in [0.1, 0.15) is 6.33 Å². The summed E-state index contributed by atoms with van der Waals surface area (Å²) in [6.45, 7) is 8.69. The fourth-order valence-electron chi connectivity index (χ4n) is 4.96. The highest BCUT2D eigenvalue weighted by Crippen LogP contribution is 2.32. The van der Waals surface area contributed by atoms with E-state index in [0.29, 0.717) is 12.5 Å². The number of aliphatic hydroxyl groups is 1. The van der Waals surface area contributed by atoms with Crippen LogP contribution < -0.4 is 14.7 Å². The number of nitrogens with zero attached hydrogens (tertiary/aromatic N) is 8. The molecule has 0 saturated carbocycles. The molecule has 1 N–H and O–H groups in total. The molecule has 0 spiro atoms. The highest BCUT2D eigenvalue weighted by Gasteiger charge is 2.30. The van der Waals surface area contributed by atoms with Crippen molar-refractivity contribution in [1.29, 1.82) is 0 Å². The highest BCUT2D eigenvalue weighted by atomic mass is 16.3. The van der Waals surface area contributed by atoms with Gasteiger partial charge >= 0.3 is 0 Å². The summed E-state index contributed by atoms with van der Waals surface area (Å²) in [5, 5.41) is 9.97. The third-order valence-corrected chi connectivity index (χ3v) is 6.95. The van der Waals surface area contributed by atoms with Gasteiger partial charge in [-0.05, 0) is 30.7 Å². The van der Waals surface area contributed by atoms with Gasteiger partial charge in [0.25, 0.3) is 0 Å². The first-order valence-electron chi connectivity index (χ1n) is 12.0. The maximum Gasteiger partial charge on any atom is 0.229 e. The van der Waals surface area contributed by atoms with Gasteiger partial charge in [0.05, 0.1) is 11.4 Å². The minimum Gasteiger partial charge on any atom is -0.513 e. The van der Waals surface area contributed by atoms with Crippen LogP contribution in [0.5, 0.6) is 0 Å². The Morgan fingerprint density at radius 3 is 2.31 bits per heavy atom. The summed E-state index contributed by atoms with van der Waals surface area (Å²) in [6, 6.07) is 14.4. The zero-order chi connectivity index (χ0) is 23.8. The van der Waals surface area contributed by atoms with Crippen molar-refractivity contribution in [2.24, 2.45) is 5.92 Å². The Balaban J connectivity index is 1.36. The standard InChI is InChI=1S/C26H28N8O/c1-19(35)20-9-12-33(17-20)24-23-25(34(18-28-23)22-7-10-27-11-8-22)30-26(29-24)32-15-13-31(14-16-32)21-5-3-2-4-6-21/h2-8,10-11,18,20,35H,1,9,12-17H2. The fourth-order valence-corrected chi connectivity index (χ4v) is 4.96. The molecule has 5 heterocycles. The number of hydrogen-bond acceptors (Lipinski definition) is 8. The number of pyridine rings is 1. The molecule has 3 aromatic heterocycles. The summed E-state index contributed by atoms with van der Waals surface area (Å²) in [4.78, 5) is 25.7. The number of aliphatic hydroxyl groups excluding tert-OH is 1. The second-order valence-electron chi connectivity index (χ2n) is 9.07. The molecule has 2 fully saturated rings. The zero-order valence-corrected chi connectivity index (χ0v) is 19.5. The Hall–Kier alpha value is -4.14. The summed E-state index contributed by atoms with van der Waals surface area (Å²) in [5.41, 5.74) is 3.73. The lowest BCUT2D eigenvalue weighted by Crippen LogP contribution is -2.47. The Bertz CT molecular complexity index is 1330. The number of para-hydroxylation sites is 1. The molecule has 4 aromatic rings. The molecule has 35 heavy (non-hydrogen) atoms. The van der Waals surface area contributed by atoms with Crippen LogP contribution in [0.4, 0.5) is 17.5 Å². The van der Waals surface area contributed by atoms with Gasteiger partial charge in [-0.2, -0.15) is 9.97 Å². The van der Waals surface area contributed by atoms with Gasteiger partial charge in [0.2, 0.25) is 5.95 Å². The van der Waals surface area contributed by atoms with Crippen LogP contribution in [0.3, 0.4) is 0 Å². The third-order valence-electron chi connectivity index (χ3n) is 6.95. The summed E-state index contributed by atoms with van der Waals surface area (Å²) < 4.78 is 1.99. The van der Waals surface area contributed by atoms with Crippen molar-refractivity contribution in [3.05, 3.63) is 73.5 Å². The van der Waals surface area contributed by atoms with Gasteiger partial charge in [-0.3, -0.25) is 9.55 Å². The first-order valence-corrected chi connectivity index (χ1v) is 12.0. The van der Waals surface area contributed by atoms with Crippen LogP contribution in [0.2, 0.25) is 0 Å². The molecule has 9 heteroatoms. The van der Waals surface area contributed by atoms with E-state index >= 15 is 0 Å². The normalized spacial score (nSPS) is 18.4. The summed E-state index contributed by atoms with van der Waals surface area (Å²) >= 11 is 0. The average Bonchev–Trinajstić information content (AvgIpc) is 3.57. The van der Waals surface area contributed by atoms with Crippen LogP contribution in [0.1, 0.15) is 6.42 Å². The van der Waals surface area contributed by atoms with Crippen LogP contribution in [-0.2, 0) is 0 Å². The van der Waals surface area contributed by atoms with Crippen LogP contribution in [0, 0.1) is 5.92 Å². The molecule has 9 nitrogen and oxygen atoms in total. The highest BCUT2D eigenvalue weighted by molar-refractivity contribution is 5.86. The Labute approximate surface area is 204 Å². The van der Waals surface area contributed by atoms with Gasteiger partial charge in [-0.25, -0.2) is 4.98 Å². The largest absolute Gasteiger partial charge is 0.513 e. The monoisotopic (exact) mass is 468 g/mol. The molecular weight excluding hydrogens is 440 g/mol. The second-order valence-corrected chi connectivity index (χ2v) is 9.07. The van der Waals surface area contributed by atoms with Crippen molar-refractivity contribution < 1.29 is 5.11 Å². The molecule has 1 unspecified atom stereocenters. The van der Waals surface area contributed by atoms with E-state index in [2.05, 4.69) is 50.5 Å². The molecule has 2 aliphatic heterocycles. The van der Waals surface area contributed by atoms with Crippen LogP contribution in [0.25, 0.3) is 16.9 Å². The number of fused-ring (bicyclic) bond motifs is 1. The molecule has 2 aliphatic rings. The first-order chi connectivity index (χ1) is 17.2. The van der Waals surface area contributed by atoms with E-state index in [1.165, 1.54) is 5.69 Å². The summed E-state index contributed by atoms with van der Waals surface area (Å²) in [6.07, 6.45) is 6.18. The van der Waals surface area contributed by atoms with E-state index in [-0.39, 0.29) is 11.7 Å². The third kappa shape index (κ3) is 4.03. The quantitative estimate of drug-likeness (QED) is 0.446. The van der Waals surface area contributed by atoms with E-state index < -0.39 is 0 Å². The Morgan fingerprint density at radius 1 is 0.857 bits per heavy atom. The minimum atomic E-state index is 0.0418. The van der Waals surface area contributed by atoms with Crippen LogP contribution in [-0.4, -0.2) is 68.9 Å². The number of benzene rings is 1. The molecule has 0 aliphatic carbocycles. The molecular formula is C26H28N8O. The Morgan fingerprint density at radius 2 is 1.60 bits per heavy atom. The van der Waals surface area contributed by atoms with E-state index in [1.54, 1.807) is 18.7 Å². The van der Waals surface area contributed by atoms with Crippen molar-refractivity contribution in [2.75, 3.05) is 54.0 Å². The molecule has 2 saturated heterocycles. The molecule has 178 valence electrons. The van der Waals surface area contributed by atoms with E-state index in [1.807, 2.05) is 22.8 Å². The van der Waals surface area contributed by atoms with E-state index in [4.69, 9.17) is 15.0 Å². The maximum atomic E-state index is 9.97. The number of piperazine rings is 1. The van der Waals surface area contributed by atoms with Gasteiger partial charge in [-0.1, -0.05) is 24.8 Å². The molecule has 1 aromatic carbocycles. The maximum absolute atomic E-state index is 9.97. The van der Waals surface area contributed by atoms with Crippen LogP contribution >= 0.6 is 0 Å². The smallest absolute Gasteiger partial charge is 0.229 e. The number of rotatable bonds is 5. The number of hydrogen-bond donors (Lipinski definition) is 1. The van der Waals surface area contributed by atoms with Crippen molar-refractivity contribution >= 4 is 28.6 Å². The van der Waals surface area contributed by atoms with Gasteiger partial charge in [0, 0.05) is 63.3 Å². The fraction of sp³-hybridized carbons (Fsp3) is 0.308. The minimum absolute atomic E-state index is 0.0418. The molecule has 0 amide bonds. The zero-order valence-electron chi connectivity index (χ0n) is 19.5. The van der Waals surface area contributed by atoms with Crippen LogP contribution in [0.15, 0.2) is 73.5 Å². The first kappa shape index (κ1) is 21.4. The second kappa shape index (κ2) is 8.90. The molecule has 0 radical (unpaired) electrons. The van der Waals surface area contributed by atoms with Gasteiger partial charge in [0.15, 0.2) is 17.0 Å². The van der Waals surface area contributed by atoms with Crippen molar-refractivity contribution in [1.82, 2.24) is 24.5 Å². The van der Waals surface area contributed by atoms with Crippen molar-refractivity contribution in [3.63, 3.8) is 0 Å². The molecule has 6 rings (SSSR count). The molecule has 1 atom stereocenters. The lowest BCUT2D eigenvalue weighted by molar-refractivity contribution is 0.344. The number of aromatic nitrogens is 5. The SMILES string of the molecule is C=C(O)C1CCN(c2nc(N3CCN(c4ccccc4)CC3)nc3c2ncn3-c2ccncc2)C1. The lowest BCUT2D eigenvalue weighted by atomic mass is 10.1. The number of anilines is 3. The van der Waals surface area contributed by atoms with E-state index in [9.17, 15) is 5.11 Å².